The Labute approximate surface area is 87.7 Å². The Morgan fingerprint density at radius 2 is 1.64 bits per heavy atom. The standard InChI is InChI=1S/C9H15NO.C3H8/c11-9(8-4-5-8)10-6-2-1-3-7-10;1-3-2/h8H,1-7H2;3H2,1-2H3. The van der Waals surface area contributed by atoms with Crippen molar-refractivity contribution in [1.29, 1.82) is 0 Å². The van der Waals surface area contributed by atoms with Gasteiger partial charge in [-0.2, -0.15) is 0 Å². The monoisotopic (exact) mass is 197 g/mol. The van der Waals surface area contributed by atoms with E-state index in [9.17, 15) is 4.79 Å². The van der Waals surface area contributed by atoms with E-state index < -0.39 is 0 Å². The molecular formula is C12H23NO. The van der Waals surface area contributed by atoms with Gasteiger partial charge in [-0.05, 0) is 32.1 Å². The first-order chi connectivity index (χ1) is 6.79. The number of hydrogen-bond donors (Lipinski definition) is 0. The van der Waals surface area contributed by atoms with Crippen LogP contribution < -0.4 is 0 Å². The molecule has 0 aromatic carbocycles. The summed E-state index contributed by atoms with van der Waals surface area (Å²) >= 11 is 0. The van der Waals surface area contributed by atoms with Crippen molar-refractivity contribution in [1.82, 2.24) is 4.90 Å². The van der Waals surface area contributed by atoms with Crippen LogP contribution in [0.1, 0.15) is 52.4 Å². The molecule has 14 heavy (non-hydrogen) atoms. The molecule has 1 heterocycles. The third-order valence-electron chi connectivity index (χ3n) is 2.59. The van der Waals surface area contributed by atoms with Crippen LogP contribution in [0.15, 0.2) is 0 Å². The van der Waals surface area contributed by atoms with Gasteiger partial charge in [0.15, 0.2) is 0 Å². The van der Waals surface area contributed by atoms with Gasteiger partial charge in [-0.15, -0.1) is 0 Å². The number of amides is 1. The van der Waals surface area contributed by atoms with Crippen LogP contribution in [0.2, 0.25) is 0 Å². The topological polar surface area (TPSA) is 20.3 Å². The van der Waals surface area contributed by atoms with Gasteiger partial charge in [0.05, 0.1) is 0 Å². The molecule has 1 aliphatic carbocycles. The van der Waals surface area contributed by atoms with E-state index in [1.807, 2.05) is 0 Å². The van der Waals surface area contributed by atoms with E-state index >= 15 is 0 Å². The van der Waals surface area contributed by atoms with Crippen LogP contribution in [0.5, 0.6) is 0 Å². The van der Waals surface area contributed by atoms with Crippen molar-refractivity contribution >= 4 is 5.91 Å². The molecule has 0 radical (unpaired) electrons. The summed E-state index contributed by atoms with van der Waals surface area (Å²) < 4.78 is 0. The SMILES string of the molecule is CCC.O=C(C1CC1)N1CCCCC1. The molecule has 2 nitrogen and oxygen atoms in total. The summed E-state index contributed by atoms with van der Waals surface area (Å²) in [4.78, 5) is 13.5. The zero-order chi connectivity index (χ0) is 10.4. The summed E-state index contributed by atoms with van der Waals surface area (Å²) in [5.41, 5.74) is 0. The second kappa shape index (κ2) is 6.05. The predicted octanol–water partition coefficient (Wildman–Crippen LogP) is 2.83. The lowest BCUT2D eigenvalue weighted by molar-refractivity contribution is -0.133. The van der Waals surface area contributed by atoms with Crippen molar-refractivity contribution in [2.24, 2.45) is 5.92 Å². The van der Waals surface area contributed by atoms with Gasteiger partial charge in [-0.3, -0.25) is 4.79 Å². The van der Waals surface area contributed by atoms with E-state index in [1.165, 1.54) is 25.7 Å². The lowest BCUT2D eigenvalue weighted by Gasteiger charge is -2.26. The highest BCUT2D eigenvalue weighted by molar-refractivity contribution is 5.81. The number of likely N-dealkylation sites (tertiary alicyclic amines) is 1. The first-order valence-corrected chi connectivity index (χ1v) is 6.08. The maximum Gasteiger partial charge on any atom is 0.225 e. The van der Waals surface area contributed by atoms with Crippen LogP contribution >= 0.6 is 0 Å². The van der Waals surface area contributed by atoms with E-state index in [1.54, 1.807) is 0 Å². The van der Waals surface area contributed by atoms with Crippen molar-refractivity contribution in [3.63, 3.8) is 0 Å². The molecule has 2 heteroatoms. The Kier molecular flexibility index (Phi) is 4.99. The van der Waals surface area contributed by atoms with Crippen LogP contribution in [-0.2, 0) is 4.79 Å². The van der Waals surface area contributed by atoms with Crippen LogP contribution in [0.3, 0.4) is 0 Å². The molecule has 0 spiro atoms. The van der Waals surface area contributed by atoms with Crippen molar-refractivity contribution < 1.29 is 4.79 Å². The Morgan fingerprint density at radius 1 is 1.14 bits per heavy atom. The average Bonchev–Trinajstić information content (AvgIpc) is 3.03. The van der Waals surface area contributed by atoms with Crippen LogP contribution in [0, 0.1) is 5.92 Å². The third-order valence-corrected chi connectivity index (χ3v) is 2.59. The normalized spacial score (nSPS) is 21.1. The number of nitrogens with zero attached hydrogens (tertiary/aromatic N) is 1. The van der Waals surface area contributed by atoms with Crippen molar-refractivity contribution in [2.75, 3.05) is 13.1 Å². The molecule has 0 aromatic rings. The van der Waals surface area contributed by atoms with Crippen LogP contribution in [-0.4, -0.2) is 23.9 Å². The van der Waals surface area contributed by atoms with E-state index in [2.05, 4.69) is 18.7 Å². The Bertz CT molecular complexity index is 169. The molecule has 1 amide bonds. The molecule has 0 N–H and O–H groups in total. The lowest BCUT2D eigenvalue weighted by atomic mass is 10.1. The summed E-state index contributed by atoms with van der Waals surface area (Å²) in [7, 11) is 0. The minimum Gasteiger partial charge on any atom is -0.342 e. The van der Waals surface area contributed by atoms with Crippen molar-refractivity contribution in [2.45, 2.75) is 52.4 Å². The number of hydrogen-bond acceptors (Lipinski definition) is 1. The maximum absolute atomic E-state index is 11.5. The van der Waals surface area contributed by atoms with Gasteiger partial charge >= 0.3 is 0 Å². The zero-order valence-corrected chi connectivity index (χ0v) is 9.59. The van der Waals surface area contributed by atoms with E-state index in [0.29, 0.717) is 11.8 Å². The molecule has 1 saturated carbocycles. The largest absolute Gasteiger partial charge is 0.342 e. The molecule has 0 bridgehead atoms. The summed E-state index contributed by atoms with van der Waals surface area (Å²) in [5.74, 6) is 0.859. The number of piperidine rings is 1. The van der Waals surface area contributed by atoms with Gasteiger partial charge in [0.1, 0.15) is 0 Å². The van der Waals surface area contributed by atoms with E-state index in [-0.39, 0.29) is 0 Å². The summed E-state index contributed by atoms with van der Waals surface area (Å²) in [6, 6.07) is 0. The second-order valence-corrected chi connectivity index (χ2v) is 4.37. The highest BCUT2D eigenvalue weighted by atomic mass is 16.2. The van der Waals surface area contributed by atoms with E-state index in [0.717, 1.165) is 25.9 Å². The van der Waals surface area contributed by atoms with Crippen LogP contribution in [0.4, 0.5) is 0 Å². The number of rotatable bonds is 1. The van der Waals surface area contributed by atoms with Gasteiger partial charge in [0.25, 0.3) is 0 Å². The molecule has 2 fully saturated rings. The molecule has 1 aliphatic heterocycles. The van der Waals surface area contributed by atoms with Gasteiger partial charge < -0.3 is 4.90 Å². The average molecular weight is 197 g/mol. The summed E-state index contributed by atoms with van der Waals surface area (Å²) in [6.07, 6.45) is 7.30. The minimum atomic E-state index is 0.424. The minimum absolute atomic E-state index is 0.424. The molecule has 1 saturated heterocycles. The molecule has 0 aromatic heterocycles. The number of carbonyl (C=O) groups excluding carboxylic acids is 1. The van der Waals surface area contributed by atoms with Gasteiger partial charge in [0.2, 0.25) is 5.91 Å². The third kappa shape index (κ3) is 3.69. The van der Waals surface area contributed by atoms with Crippen LogP contribution in [0.25, 0.3) is 0 Å². The first-order valence-electron chi connectivity index (χ1n) is 6.08. The van der Waals surface area contributed by atoms with E-state index in [4.69, 9.17) is 0 Å². The quantitative estimate of drug-likeness (QED) is 0.633. The first kappa shape index (κ1) is 11.5. The van der Waals surface area contributed by atoms with Crippen molar-refractivity contribution in [3.8, 4) is 0 Å². The highest BCUT2D eigenvalue weighted by Gasteiger charge is 2.33. The smallest absolute Gasteiger partial charge is 0.225 e. The molecule has 2 rings (SSSR count). The Hall–Kier alpha value is -0.530. The predicted molar refractivity (Wildman–Crippen MR) is 59.1 cm³/mol. The van der Waals surface area contributed by atoms with Gasteiger partial charge in [-0.25, -0.2) is 0 Å². The zero-order valence-electron chi connectivity index (χ0n) is 9.59. The van der Waals surface area contributed by atoms with Crippen molar-refractivity contribution in [3.05, 3.63) is 0 Å². The second-order valence-electron chi connectivity index (χ2n) is 4.37. The lowest BCUT2D eigenvalue weighted by Crippen LogP contribution is -2.36. The number of carbonyl (C=O) groups is 1. The fourth-order valence-corrected chi connectivity index (χ4v) is 1.70. The molecule has 0 atom stereocenters. The molecule has 2 aliphatic rings. The molecular weight excluding hydrogens is 174 g/mol. The fraction of sp³-hybridized carbons (Fsp3) is 0.917. The maximum atomic E-state index is 11.5. The fourth-order valence-electron chi connectivity index (χ4n) is 1.70. The molecule has 0 unspecified atom stereocenters. The Balaban J connectivity index is 0.000000293. The summed E-state index contributed by atoms with van der Waals surface area (Å²) in [5, 5.41) is 0. The Morgan fingerprint density at radius 3 is 2.07 bits per heavy atom. The highest BCUT2D eigenvalue weighted by Crippen LogP contribution is 2.31. The molecule has 82 valence electrons. The summed E-state index contributed by atoms with van der Waals surface area (Å²) in [6.45, 7) is 6.30. The van der Waals surface area contributed by atoms with Gasteiger partial charge in [-0.1, -0.05) is 20.3 Å². The van der Waals surface area contributed by atoms with Gasteiger partial charge in [0, 0.05) is 19.0 Å².